The van der Waals surface area contributed by atoms with Gasteiger partial charge in [-0.3, -0.25) is 0 Å². The molecule has 0 aromatic carbocycles. The Bertz CT molecular complexity index is 92.9. The van der Waals surface area contributed by atoms with Crippen molar-refractivity contribution in [3.05, 3.63) is 0 Å². The normalized spacial score (nSPS) is 8.29. The monoisotopic (exact) mass is 510 g/mol. The molecular formula is Au2CrO4. The molecule has 0 aliphatic heterocycles. The molecule has 0 aliphatic rings. The van der Waals surface area contributed by atoms with Crippen molar-refractivity contribution in [1.29, 1.82) is 0 Å². The van der Waals surface area contributed by atoms with Gasteiger partial charge in [-0.25, -0.2) is 0 Å². The summed E-state index contributed by atoms with van der Waals surface area (Å²) in [5.41, 5.74) is 0. The summed E-state index contributed by atoms with van der Waals surface area (Å²) in [5.74, 6) is 0. The van der Waals surface area contributed by atoms with Crippen LogP contribution in [0.4, 0.5) is 0 Å². The van der Waals surface area contributed by atoms with Crippen LogP contribution in [0.5, 0.6) is 0 Å². The van der Waals surface area contributed by atoms with Gasteiger partial charge >= 0.3 is 74.3 Å². The minimum absolute atomic E-state index is 0. The molecule has 7 heteroatoms. The van der Waals surface area contributed by atoms with Crippen LogP contribution in [0.25, 0.3) is 0 Å². The van der Waals surface area contributed by atoms with Crippen molar-refractivity contribution < 1.29 is 74.3 Å². The van der Waals surface area contributed by atoms with Crippen molar-refractivity contribution in [3.63, 3.8) is 0 Å². The van der Waals surface area contributed by atoms with Gasteiger partial charge in [0, 0.05) is 0 Å². The number of hydrogen-bond acceptors (Lipinski definition) is 4. The molecule has 0 aromatic rings. The van der Waals surface area contributed by atoms with E-state index < -0.39 is 13.6 Å². The van der Waals surface area contributed by atoms with E-state index in [9.17, 15) is 0 Å². The predicted octanol–water partition coefficient (Wildman–Crippen LogP) is -2.62. The number of rotatable bonds is 0. The van der Waals surface area contributed by atoms with Crippen molar-refractivity contribution in [2.24, 2.45) is 0 Å². The van der Waals surface area contributed by atoms with Gasteiger partial charge in [0.15, 0.2) is 0 Å². The molecule has 0 aliphatic carbocycles. The SMILES string of the molecule is [Au+].[Au+].[O]=[Cr](=[O])([O-])[O-]. The zero-order valence-electron chi connectivity index (χ0n) is 2.64. The average molecular weight is 510 g/mol. The first-order chi connectivity index (χ1) is 2.00. The Kier molecular flexibility index (Phi) is 12.8. The van der Waals surface area contributed by atoms with Crippen LogP contribution in [0.1, 0.15) is 0 Å². The summed E-state index contributed by atoms with van der Waals surface area (Å²) in [4.78, 5) is 0. The Hall–Kier alpha value is 1.53. The summed E-state index contributed by atoms with van der Waals surface area (Å²) >= 11 is -5.75. The van der Waals surface area contributed by atoms with E-state index in [0.717, 1.165) is 0 Å². The predicted molar refractivity (Wildman–Crippen MR) is 1.37 cm³/mol. The molecule has 0 radical (unpaired) electrons. The Morgan fingerprint density at radius 2 is 1.00 bits per heavy atom. The minimum atomic E-state index is -5.75. The standard InChI is InChI=1S/2Au.Cr.4O/q2*+1;;;;2*-1. The second kappa shape index (κ2) is 5.67. The Balaban J connectivity index is -0.0000000800. The molecule has 0 amide bonds. The molecule has 0 aromatic heterocycles. The Morgan fingerprint density at radius 1 is 1.00 bits per heavy atom. The first-order valence-electron chi connectivity index (χ1n) is 0.667. The van der Waals surface area contributed by atoms with Crippen molar-refractivity contribution >= 4 is 0 Å². The van der Waals surface area contributed by atoms with Gasteiger partial charge in [-0.2, -0.15) is 0 Å². The quantitative estimate of drug-likeness (QED) is 0.335. The van der Waals surface area contributed by atoms with Crippen molar-refractivity contribution in [2.75, 3.05) is 0 Å². The second-order valence-corrected chi connectivity index (χ2v) is 1.68. The maximum atomic E-state index is 8.59. The zero-order chi connectivity index (χ0) is 4.50. The van der Waals surface area contributed by atoms with Crippen LogP contribution < -0.4 is 8.32 Å². The summed E-state index contributed by atoms with van der Waals surface area (Å²) in [7, 11) is 0. The summed E-state index contributed by atoms with van der Waals surface area (Å²) in [5, 5.41) is 0. The molecule has 4 nitrogen and oxygen atoms in total. The topological polar surface area (TPSA) is 80.3 Å². The second-order valence-electron chi connectivity index (χ2n) is 0.408. The van der Waals surface area contributed by atoms with Gasteiger partial charge in [-0.1, -0.05) is 0 Å². The molecule has 7 heavy (non-hydrogen) atoms. The van der Waals surface area contributed by atoms with Crippen LogP contribution in [0.2, 0.25) is 0 Å². The molecule has 0 spiro atoms. The Morgan fingerprint density at radius 3 is 1.00 bits per heavy atom. The van der Waals surface area contributed by atoms with Crippen LogP contribution in [0.15, 0.2) is 0 Å². The molecule has 0 saturated heterocycles. The maximum absolute atomic E-state index is 8.59. The molecule has 0 N–H and O–H groups in total. The van der Waals surface area contributed by atoms with E-state index in [1.165, 1.54) is 0 Å². The van der Waals surface area contributed by atoms with Crippen LogP contribution in [-0.2, 0) is 66.0 Å². The summed E-state index contributed by atoms with van der Waals surface area (Å²) in [6.45, 7) is 0. The van der Waals surface area contributed by atoms with E-state index in [0.29, 0.717) is 0 Å². The molecule has 0 atom stereocenters. The molecule has 52 valence electrons. The third kappa shape index (κ3) is 98.1. The van der Waals surface area contributed by atoms with Crippen molar-refractivity contribution in [3.8, 4) is 0 Å². The van der Waals surface area contributed by atoms with E-state index in [-0.39, 0.29) is 44.8 Å². The fraction of sp³-hybridized carbons (Fsp3) is 0. The van der Waals surface area contributed by atoms with Gasteiger partial charge < -0.3 is 0 Å². The first kappa shape index (κ1) is 15.8. The van der Waals surface area contributed by atoms with Crippen LogP contribution in [-0.4, -0.2) is 0 Å². The van der Waals surface area contributed by atoms with Gasteiger partial charge in [0.1, 0.15) is 0 Å². The molecule has 0 unspecified atom stereocenters. The van der Waals surface area contributed by atoms with E-state index in [2.05, 4.69) is 0 Å². The first-order valence-corrected chi connectivity index (χ1v) is 2.75. The third-order valence-electron chi connectivity index (χ3n) is 0. The van der Waals surface area contributed by atoms with E-state index >= 15 is 0 Å². The molecule has 0 heterocycles. The van der Waals surface area contributed by atoms with Gasteiger partial charge in [0.2, 0.25) is 0 Å². The van der Waals surface area contributed by atoms with E-state index in [4.69, 9.17) is 15.9 Å². The molecular weight excluding hydrogens is 510 g/mol. The van der Waals surface area contributed by atoms with Gasteiger partial charge in [0.05, 0.1) is 0 Å². The van der Waals surface area contributed by atoms with Gasteiger partial charge in [-0.15, -0.1) is 0 Å². The molecule has 0 bridgehead atoms. The van der Waals surface area contributed by atoms with Crippen LogP contribution in [0, 0.1) is 0 Å². The molecule has 0 fully saturated rings. The van der Waals surface area contributed by atoms with Gasteiger partial charge in [-0.05, 0) is 0 Å². The summed E-state index contributed by atoms with van der Waals surface area (Å²) < 4.78 is 34.4. The average Bonchev–Trinajstić information content (AvgIpc) is 0.722. The van der Waals surface area contributed by atoms with Crippen LogP contribution in [0.3, 0.4) is 0 Å². The summed E-state index contributed by atoms with van der Waals surface area (Å²) in [6, 6.07) is 0. The number of hydrogen-bond donors (Lipinski definition) is 0. The Labute approximate surface area is 73.7 Å². The zero-order valence-corrected chi connectivity index (χ0v) is 8.25. The van der Waals surface area contributed by atoms with E-state index in [1.54, 1.807) is 0 Å². The van der Waals surface area contributed by atoms with Crippen molar-refractivity contribution in [2.45, 2.75) is 0 Å². The molecule has 0 rings (SSSR count). The van der Waals surface area contributed by atoms with Crippen LogP contribution >= 0.6 is 0 Å². The molecule has 0 saturated carbocycles. The van der Waals surface area contributed by atoms with Crippen molar-refractivity contribution in [1.82, 2.24) is 0 Å². The fourth-order valence-corrected chi connectivity index (χ4v) is 0. The third-order valence-corrected chi connectivity index (χ3v) is 0. The van der Waals surface area contributed by atoms with E-state index in [1.807, 2.05) is 0 Å². The van der Waals surface area contributed by atoms with Gasteiger partial charge in [0.25, 0.3) is 0 Å². The fourth-order valence-electron chi connectivity index (χ4n) is 0. The summed E-state index contributed by atoms with van der Waals surface area (Å²) in [6.07, 6.45) is 0.